The minimum Gasteiger partial charge on any atom is -0.425 e. The van der Waals surface area contributed by atoms with Gasteiger partial charge in [0.25, 0.3) is 0 Å². The molecule has 4 rings (SSSR count). The van der Waals surface area contributed by atoms with Crippen molar-refractivity contribution >= 4 is 38.8 Å². The molecule has 3 aromatic rings. The predicted octanol–water partition coefficient (Wildman–Crippen LogP) is 1.42. The molecule has 1 amide bonds. The van der Waals surface area contributed by atoms with E-state index in [0.717, 1.165) is 6.26 Å². The van der Waals surface area contributed by atoms with E-state index >= 15 is 0 Å². The normalized spacial score (nSPS) is 15.8. The number of benzene rings is 1. The van der Waals surface area contributed by atoms with Gasteiger partial charge in [0.1, 0.15) is 12.2 Å². The number of hydrogen-bond acceptors (Lipinski definition) is 7. The van der Waals surface area contributed by atoms with Crippen LogP contribution in [0.1, 0.15) is 29.7 Å². The summed E-state index contributed by atoms with van der Waals surface area (Å²) in [5.74, 6) is -1.23. The van der Waals surface area contributed by atoms with Gasteiger partial charge in [0, 0.05) is 23.9 Å². The highest BCUT2D eigenvalue weighted by Crippen LogP contribution is 2.40. The lowest BCUT2D eigenvalue weighted by atomic mass is 9.95. The molecule has 1 aromatic carbocycles. The molecule has 0 radical (unpaired) electrons. The molecule has 0 fully saturated rings. The van der Waals surface area contributed by atoms with E-state index in [9.17, 15) is 18.0 Å². The van der Waals surface area contributed by atoms with E-state index < -0.39 is 21.9 Å². The van der Waals surface area contributed by atoms with Crippen LogP contribution in [-0.2, 0) is 19.6 Å². The smallest absolute Gasteiger partial charge is 0.308 e. The molecule has 3 heterocycles. The van der Waals surface area contributed by atoms with Gasteiger partial charge < -0.3 is 10.1 Å². The van der Waals surface area contributed by atoms with Crippen LogP contribution >= 0.6 is 0 Å². The van der Waals surface area contributed by atoms with Gasteiger partial charge in [-0.15, -0.1) is 0 Å². The number of carbonyl (C=O) groups excluding carboxylic acids is 2. The fourth-order valence-corrected chi connectivity index (χ4v) is 4.00. The molecule has 1 atom stereocenters. The summed E-state index contributed by atoms with van der Waals surface area (Å²) in [6.07, 6.45) is 3.91. The van der Waals surface area contributed by atoms with Crippen molar-refractivity contribution in [3.63, 3.8) is 0 Å². The van der Waals surface area contributed by atoms with Gasteiger partial charge in [-0.25, -0.2) is 17.9 Å². The van der Waals surface area contributed by atoms with E-state index in [0.29, 0.717) is 39.5 Å². The second kappa shape index (κ2) is 6.55. The fraction of sp³-hybridized carbons (Fsp3) is 0.222. The Labute approximate surface area is 165 Å². The second-order valence-corrected chi connectivity index (χ2v) is 8.50. The molecule has 29 heavy (non-hydrogen) atoms. The molecule has 0 aliphatic carbocycles. The number of amides is 1. The van der Waals surface area contributed by atoms with E-state index in [1.165, 1.54) is 17.8 Å². The van der Waals surface area contributed by atoms with E-state index in [2.05, 4.69) is 20.1 Å². The second-order valence-electron chi connectivity index (χ2n) is 6.75. The zero-order chi connectivity index (χ0) is 20.9. The highest BCUT2D eigenvalue weighted by atomic mass is 32.2. The first-order valence-corrected chi connectivity index (χ1v) is 10.5. The van der Waals surface area contributed by atoms with Crippen LogP contribution in [0.2, 0.25) is 0 Å². The van der Waals surface area contributed by atoms with Crippen molar-refractivity contribution in [2.24, 2.45) is 0 Å². The molecule has 1 unspecified atom stereocenters. The van der Waals surface area contributed by atoms with Crippen molar-refractivity contribution in [3.8, 4) is 5.75 Å². The summed E-state index contributed by atoms with van der Waals surface area (Å²) in [5, 5.41) is 6.93. The number of hydrogen-bond donors (Lipinski definition) is 2. The number of sulfonamides is 1. The molecule has 11 heteroatoms. The number of rotatable bonds is 4. The molecule has 2 aromatic heterocycles. The topological polar surface area (TPSA) is 132 Å². The zero-order valence-corrected chi connectivity index (χ0v) is 16.6. The van der Waals surface area contributed by atoms with Crippen molar-refractivity contribution < 1.29 is 22.7 Å². The van der Waals surface area contributed by atoms with Gasteiger partial charge in [-0.2, -0.15) is 5.10 Å². The Hall–Kier alpha value is -3.47. The quantitative estimate of drug-likeness (QED) is 0.616. The lowest BCUT2D eigenvalue weighted by Gasteiger charge is -2.12. The van der Waals surface area contributed by atoms with Crippen molar-refractivity contribution in [2.45, 2.75) is 19.8 Å². The number of nitrogens with zero attached hydrogens (tertiary/aromatic N) is 3. The van der Waals surface area contributed by atoms with E-state index in [-0.39, 0.29) is 5.91 Å². The van der Waals surface area contributed by atoms with Gasteiger partial charge in [0.05, 0.1) is 23.7 Å². The molecule has 10 nitrogen and oxygen atoms in total. The molecule has 0 saturated heterocycles. The van der Waals surface area contributed by atoms with Crippen LogP contribution in [0.3, 0.4) is 0 Å². The maximum atomic E-state index is 12.8. The van der Waals surface area contributed by atoms with Crippen LogP contribution in [0.5, 0.6) is 5.75 Å². The van der Waals surface area contributed by atoms with Crippen LogP contribution in [0.4, 0.5) is 11.4 Å². The van der Waals surface area contributed by atoms with Crippen molar-refractivity contribution in [1.29, 1.82) is 0 Å². The summed E-state index contributed by atoms with van der Waals surface area (Å²) in [6, 6.07) is 4.80. The Kier molecular flexibility index (Phi) is 4.26. The summed E-state index contributed by atoms with van der Waals surface area (Å²) >= 11 is 0. The van der Waals surface area contributed by atoms with E-state index in [4.69, 9.17) is 4.74 Å². The first kappa shape index (κ1) is 18.9. The van der Waals surface area contributed by atoms with Gasteiger partial charge in [0.15, 0.2) is 5.75 Å². The molecule has 150 valence electrons. The number of anilines is 2. The molecule has 1 aliphatic rings. The summed E-state index contributed by atoms with van der Waals surface area (Å²) in [6.45, 7) is 3.04. The minimum absolute atomic E-state index is 0.299. The average molecular weight is 415 g/mol. The number of nitrogens with one attached hydrogen (secondary N) is 2. The number of fused-ring (bicyclic) bond motifs is 2. The third-order valence-electron chi connectivity index (χ3n) is 4.52. The van der Waals surface area contributed by atoms with E-state index in [1.54, 1.807) is 31.3 Å². The fourth-order valence-electron chi connectivity index (χ4n) is 3.45. The first-order chi connectivity index (χ1) is 13.6. The molecular formula is C18H17N5O5S. The first-order valence-electron chi connectivity index (χ1n) is 8.58. The molecule has 2 N–H and O–H groups in total. The minimum atomic E-state index is -3.47. The highest BCUT2D eigenvalue weighted by Gasteiger charge is 2.36. The Morgan fingerprint density at radius 1 is 1.34 bits per heavy atom. The number of esters is 1. The zero-order valence-electron chi connectivity index (χ0n) is 15.8. The largest absolute Gasteiger partial charge is 0.425 e. The molecule has 0 bridgehead atoms. The van der Waals surface area contributed by atoms with E-state index in [1.807, 2.05) is 0 Å². The van der Waals surface area contributed by atoms with Crippen molar-refractivity contribution in [2.75, 3.05) is 16.3 Å². The van der Waals surface area contributed by atoms with Crippen LogP contribution in [0.25, 0.3) is 5.52 Å². The Bertz CT molecular complexity index is 1280. The van der Waals surface area contributed by atoms with Gasteiger partial charge >= 0.3 is 5.97 Å². The lowest BCUT2D eigenvalue weighted by molar-refractivity contribution is -0.131. The van der Waals surface area contributed by atoms with Gasteiger partial charge in [-0.3, -0.25) is 14.3 Å². The van der Waals surface area contributed by atoms with Crippen LogP contribution in [0, 0.1) is 6.92 Å². The third kappa shape index (κ3) is 3.40. The van der Waals surface area contributed by atoms with Gasteiger partial charge in [0.2, 0.25) is 15.9 Å². The predicted molar refractivity (Wildman–Crippen MR) is 104 cm³/mol. The standard InChI is InChI=1S/C18H17N5O5S/c1-9-14(28-10(2)24)7-23-17(9)16(19-8-20-23)15-12-6-11(22-29(3,26)27)4-5-13(12)21-18(15)25/h4-8,15,22H,1-3H3,(H,21,25). The third-order valence-corrected chi connectivity index (χ3v) is 5.13. The summed E-state index contributed by atoms with van der Waals surface area (Å²) in [4.78, 5) is 28.4. The van der Waals surface area contributed by atoms with Crippen LogP contribution in [-0.4, -0.2) is 41.1 Å². The number of ether oxygens (including phenoxy) is 1. The van der Waals surface area contributed by atoms with Gasteiger partial charge in [-0.1, -0.05) is 0 Å². The van der Waals surface area contributed by atoms with Gasteiger partial charge in [-0.05, 0) is 30.7 Å². The number of aromatic nitrogens is 3. The maximum absolute atomic E-state index is 12.8. The number of carbonyl (C=O) groups is 2. The molecule has 1 aliphatic heterocycles. The van der Waals surface area contributed by atoms with Crippen molar-refractivity contribution in [3.05, 3.63) is 47.5 Å². The Balaban J connectivity index is 1.87. The highest BCUT2D eigenvalue weighted by molar-refractivity contribution is 7.92. The molecule has 0 saturated carbocycles. The SMILES string of the molecule is CC(=O)Oc1cn2ncnc(C3C(=O)Nc4ccc(NS(C)(=O)=O)cc43)c2c1C. The Morgan fingerprint density at radius 2 is 2.10 bits per heavy atom. The molecule has 0 spiro atoms. The summed E-state index contributed by atoms with van der Waals surface area (Å²) in [5.41, 5.74) is 3.06. The summed E-state index contributed by atoms with van der Waals surface area (Å²) in [7, 11) is -3.47. The van der Waals surface area contributed by atoms with Crippen LogP contribution in [0.15, 0.2) is 30.7 Å². The maximum Gasteiger partial charge on any atom is 0.308 e. The monoisotopic (exact) mass is 415 g/mol. The van der Waals surface area contributed by atoms with Crippen LogP contribution < -0.4 is 14.8 Å². The summed E-state index contributed by atoms with van der Waals surface area (Å²) < 4.78 is 32.3. The lowest BCUT2D eigenvalue weighted by Crippen LogP contribution is -2.16. The average Bonchev–Trinajstić information content (AvgIpc) is 3.09. The molecular weight excluding hydrogens is 398 g/mol. The van der Waals surface area contributed by atoms with Crippen molar-refractivity contribution in [1.82, 2.24) is 14.6 Å². The Morgan fingerprint density at radius 3 is 2.79 bits per heavy atom. The number of aryl methyl sites for hydroxylation is 1.